The predicted octanol–water partition coefficient (Wildman–Crippen LogP) is 4.11. The number of rotatable bonds is 5. The van der Waals surface area contributed by atoms with Gasteiger partial charge in [0.15, 0.2) is 0 Å². The third-order valence-corrected chi connectivity index (χ3v) is 4.86. The van der Waals surface area contributed by atoms with Crippen LogP contribution in [0.25, 0.3) is 0 Å². The van der Waals surface area contributed by atoms with E-state index in [0.29, 0.717) is 37.7 Å². The minimum atomic E-state index is -0.489. The molecule has 0 radical (unpaired) electrons. The second-order valence-electron chi connectivity index (χ2n) is 8.51. The Morgan fingerprint density at radius 1 is 1.21 bits per heavy atom. The maximum Gasteiger partial charge on any atom is 0.410 e. The highest BCUT2D eigenvalue weighted by Gasteiger charge is 2.27. The van der Waals surface area contributed by atoms with Gasteiger partial charge in [0.05, 0.1) is 6.61 Å². The van der Waals surface area contributed by atoms with Crippen LogP contribution in [0.4, 0.5) is 4.79 Å². The van der Waals surface area contributed by atoms with Gasteiger partial charge in [0, 0.05) is 32.2 Å². The molecule has 0 N–H and O–H groups in total. The van der Waals surface area contributed by atoms with Gasteiger partial charge in [0.1, 0.15) is 11.4 Å². The van der Waals surface area contributed by atoms with Crippen LogP contribution >= 0.6 is 0 Å². The first-order chi connectivity index (χ1) is 13.1. The van der Waals surface area contributed by atoms with Gasteiger partial charge in [-0.1, -0.05) is 0 Å². The van der Waals surface area contributed by atoms with E-state index in [9.17, 15) is 9.59 Å². The van der Waals surface area contributed by atoms with Gasteiger partial charge in [-0.15, -0.1) is 0 Å². The summed E-state index contributed by atoms with van der Waals surface area (Å²) in [5.41, 5.74) is 1.18. The lowest BCUT2D eigenvalue weighted by molar-refractivity contribution is 0.0246. The topological polar surface area (TPSA) is 59.1 Å². The number of benzene rings is 1. The van der Waals surface area contributed by atoms with Gasteiger partial charge in [-0.3, -0.25) is 4.79 Å². The van der Waals surface area contributed by atoms with Crippen LogP contribution in [0.1, 0.15) is 56.5 Å². The number of ether oxygens (including phenoxy) is 2. The summed E-state index contributed by atoms with van der Waals surface area (Å²) in [5, 5.41) is 0. The summed E-state index contributed by atoms with van der Waals surface area (Å²) in [4.78, 5) is 28.5. The number of aryl methyl sites for hydroxylation is 1. The van der Waals surface area contributed by atoms with E-state index in [4.69, 9.17) is 9.47 Å². The van der Waals surface area contributed by atoms with E-state index in [1.54, 1.807) is 11.9 Å². The first-order valence-electron chi connectivity index (χ1n) is 10.1. The fourth-order valence-corrected chi connectivity index (χ4v) is 3.40. The first-order valence-corrected chi connectivity index (χ1v) is 10.1. The lowest BCUT2D eigenvalue weighted by Gasteiger charge is -2.34. The molecule has 28 heavy (non-hydrogen) atoms. The molecule has 0 bridgehead atoms. The summed E-state index contributed by atoms with van der Waals surface area (Å²) < 4.78 is 11.0. The van der Waals surface area contributed by atoms with Gasteiger partial charge in [0.25, 0.3) is 5.91 Å². The summed E-state index contributed by atoms with van der Waals surface area (Å²) in [6.07, 6.45) is 1.47. The normalized spacial score (nSPS) is 15.3. The van der Waals surface area contributed by atoms with E-state index in [0.717, 1.165) is 24.2 Å². The zero-order chi connectivity index (χ0) is 20.9. The molecule has 0 unspecified atom stereocenters. The van der Waals surface area contributed by atoms with Gasteiger partial charge in [0.2, 0.25) is 0 Å². The highest BCUT2D eigenvalue weighted by atomic mass is 16.6. The van der Waals surface area contributed by atoms with Gasteiger partial charge in [-0.25, -0.2) is 4.79 Å². The van der Waals surface area contributed by atoms with E-state index < -0.39 is 5.60 Å². The molecule has 6 nitrogen and oxygen atoms in total. The Balaban J connectivity index is 1.87. The van der Waals surface area contributed by atoms with Crippen molar-refractivity contribution in [1.29, 1.82) is 0 Å². The third kappa shape index (κ3) is 6.14. The Bertz CT molecular complexity index is 688. The monoisotopic (exact) mass is 390 g/mol. The van der Waals surface area contributed by atoms with Crippen LogP contribution in [0.15, 0.2) is 18.2 Å². The number of likely N-dealkylation sites (tertiary alicyclic amines) is 1. The third-order valence-electron chi connectivity index (χ3n) is 4.86. The van der Waals surface area contributed by atoms with Crippen molar-refractivity contribution in [2.75, 3.05) is 33.3 Å². The summed E-state index contributed by atoms with van der Waals surface area (Å²) >= 11 is 0. The molecule has 0 spiro atoms. The summed E-state index contributed by atoms with van der Waals surface area (Å²) in [6.45, 7) is 12.2. The molecule has 1 heterocycles. The molecule has 6 heteroatoms. The van der Waals surface area contributed by atoms with E-state index in [2.05, 4.69) is 0 Å². The van der Waals surface area contributed by atoms with E-state index >= 15 is 0 Å². The highest BCUT2D eigenvalue weighted by Crippen LogP contribution is 2.23. The SMILES string of the molecule is CCOc1ccc(C(=O)N2CCC(CN(C)C(=O)OC(C)(C)C)CC2)cc1C. The molecule has 2 rings (SSSR count). The maximum atomic E-state index is 12.8. The molecule has 1 aromatic rings. The number of carbonyl (C=O) groups is 2. The fraction of sp³-hybridized carbons (Fsp3) is 0.636. The van der Waals surface area contributed by atoms with Gasteiger partial charge >= 0.3 is 6.09 Å². The van der Waals surface area contributed by atoms with Crippen molar-refractivity contribution in [3.8, 4) is 5.75 Å². The number of amides is 2. The fourth-order valence-electron chi connectivity index (χ4n) is 3.40. The van der Waals surface area contributed by atoms with E-state index in [1.807, 2.05) is 57.7 Å². The minimum Gasteiger partial charge on any atom is -0.494 e. The smallest absolute Gasteiger partial charge is 0.410 e. The molecule has 1 aliphatic heterocycles. The molecule has 0 saturated carbocycles. The number of hydrogen-bond acceptors (Lipinski definition) is 4. The van der Waals surface area contributed by atoms with Crippen LogP contribution < -0.4 is 4.74 Å². The molecule has 0 aliphatic carbocycles. The Morgan fingerprint density at radius 2 is 1.86 bits per heavy atom. The van der Waals surface area contributed by atoms with Gasteiger partial charge in [-0.2, -0.15) is 0 Å². The van der Waals surface area contributed by atoms with Gasteiger partial charge < -0.3 is 19.3 Å². The van der Waals surface area contributed by atoms with Crippen molar-refractivity contribution in [2.24, 2.45) is 5.92 Å². The zero-order valence-corrected chi connectivity index (χ0v) is 18.1. The summed E-state index contributed by atoms with van der Waals surface area (Å²) in [7, 11) is 1.77. The molecule has 1 aliphatic rings. The first kappa shape index (κ1) is 22.1. The van der Waals surface area contributed by atoms with Crippen molar-refractivity contribution in [3.63, 3.8) is 0 Å². The highest BCUT2D eigenvalue weighted by molar-refractivity contribution is 5.94. The van der Waals surface area contributed by atoms with Crippen LogP contribution in [0, 0.1) is 12.8 Å². The van der Waals surface area contributed by atoms with E-state index in [-0.39, 0.29) is 12.0 Å². The average molecular weight is 391 g/mol. The van der Waals surface area contributed by atoms with Crippen molar-refractivity contribution in [2.45, 2.75) is 53.1 Å². The molecule has 1 fully saturated rings. The van der Waals surface area contributed by atoms with Crippen molar-refractivity contribution in [3.05, 3.63) is 29.3 Å². The second-order valence-corrected chi connectivity index (χ2v) is 8.51. The predicted molar refractivity (Wildman–Crippen MR) is 110 cm³/mol. The van der Waals surface area contributed by atoms with Crippen LogP contribution in [-0.2, 0) is 4.74 Å². The molecule has 1 aromatic carbocycles. The van der Waals surface area contributed by atoms with Crippen LogP contribution in [0.2, 0.25) is 0 Å². The molecule has 156 valence electrons. The van der Waals surface area contributed by atoms with Crippen molar-refractivity contribution in [1.82, 2.24) is 9.80 Å². The minimum absolute atomic E-state index is 0.0603. The molecule has 1 saturated heterocycles. The average Bonchev–Trinajstić information content (AvgIpc) is 2.62. The largest absolute Gasteiger partial charge is 0.494 e. The Kier molecular flexibility index (Phi) is 7.33. The van der Waals surface area contributed by atoms with Crippen molar-refractivity contribution < 1.29 is 19.1 Å². The maximum absolute atomic E-state index is 12.8. The van der Waals surface area contributed by atoms with Crippen LogP contribution in [0.3, 0.4) is 0 Å². The molecule has 0 aromatic heterocycles. The van der Waals surface area contributed by atoms with Crippen molar-refractivity contribution >= 4 is 12.0 Å². The summed E-state index contributed by atoms with van der Waals surface area (Å²) in [6, 6.07) is 5.60. The molecular weight excluding hydrogens is 356 g/mol. The number of piperidine rings is 1. The molecular formula is C22H34N2O4. The standard InChI is InChI=1S/C22H34N2O4/c1-7-27-19-9-8-18(14-16(19)2)20(25)24-12-10-17(11-13-24)15-23(6)21(26)28-22(3,4)5/h8-9,14,17H,7,10-13,15H2,1-6H3. The molecule has 0 atom stereocenters. The quantitative estimate of drug-likeness (QED) is 0.759. The van der Waals surface area contributed by atoms with Crippen LogP contribution in [0.5, 0.6) is 5.75 Å². The lowest BCUT2D eigenvalue weighted by Crippen LogP contribution is -2.43. The Hall–Kier alpha value is -2.24. The Morgan fingerprint density at radius 3 is 2.39 bits per heavy atom. The zero-order valence-electron chi connectivity index (χ0n) is 18.1. The second kappa shape index (κ2) is 9.30. The van der Waals surface area contributed by atoms with Crippen LogP contribution in [-0.4, -0.2) is 60.7 Å². The van der Waals surface area contributed by atoms with E-state index in [1.165, 1.54) is 0 Å². The molecule has 2 amide bonds. The van der Waals surface area contributed by atoms with Gasteiger partial charge in [-0.05, 0) is 77.1 Å². The Labute approximate surface area is 168 Å². The lowest BCUT2D eigenvalue weighted by atomic mass is 9.95. The number of carbonyl (C=O) groups excluding carboxylic acids is 2. The number of hydrogen-bond donors (Lipinski definition) is 0. The number of nitrogens with zero attached hydrogens (tertiary/aromatic N) is 2. The summed E-state index contributed by atoms with van der Waals surface area (Å²) in [5.74, 6) is 1.26.